The molecule has 0 radical (unpaired) electrons. The molecule has 0 amide bonds. The van der Waals surface area contributed by atoms with Gasteiger partial charge in [0.15, 0.2) is 11.9 Å². The van der Waals surface area contributed by atoms with Crippen LogP contribution >= 0.6 is 0 Å². The molecule has 2 heterocycles. The van der Waals surface area contributed by atoms with E-state index >= 15 is 0 Å². The number of aliphatic hydroxyl groups excluding tert-OH is 3. The van der Waals surface area contributed by atoms with Gasteiger partial charge in [0.05, 0.1) is 13.2 Å². The predicted molar refractivity (Wildman–Crippen MR) is 124 cm³/mol. The van der Waals surface area contributed by atoms with Crippen LogP contribution in [0.5, 0.6) is 5.75 Å². The highest BCUT2D eigenvalue weighted by Crippen LogP contribution is 2.35. The number of aryl methyl sites for hydroxylation is 1. The molecule has 194 valence electrons. The molecule has 1 aromatic heterocycles. The molecule has 0 unspecified atom stereocenters. The van der Waals surface area contributed by atoms with Gasteiger partial charge in [-0.1, -0.05) is 42.5 Å². The number of carbonyl (C=O) groups is 1. The lowest BCUT2D eigenvalue weighted by Gasteiger charge is -2.45. The number of rotatable bonds is 8. The quantitative estimate of drug-likeness (QED) is 0.253. The molecular formula is C24H29N3O9. The van der Waals surface area contributed by atoms with E-state index in [1.807, 2.05) is 24.3 Å². The van der Waals surface area contributed by atoms with Crippen molar-refractivity contribution in [2.75, 3.05) is 13.2 Å². The Kier molecular flexibility index (Phi) is 7.71. The fourth-order valence-corrected chi connectivity index (χ4v) is 3.92. The van der Waals surface area contributed by atoms with Gasteiger partial charge in [-0.25, -0.2) is 9.48 Å². The zero-order chi connectivity index (χ0) is 25.9. The Hall–Kier alpha value is -3.29. The molecule has 1 aliphatic rings. The second kappa shape index (κ2) is 10.8. The molecule has 12 heteroatoms. The SMILES string of the molecule is CCOC(=O)OC[C@@H]1O[C@@H](O)[C@](O)(Oc2cccc3nnn(Cc4ccc(CC)cc4)c23)[C@H](O)[C@H]1O. The van der Waals surface area contributed by atoms with Crippen LogP contribution in [0.3, 0.4) is 0 Å². The predicted octanol–water partition coefficient (Wildman–Crippen LogP) is 0.721. The van der Waals surface area contributed by atoms with Crippen LogP contribution < -0.4 is 4.74 Å². The molecule has 3 aromatic rings. The topological polar surface area (TPSA) is 166 Å². The number of hydrogen-bond acceptors (Lipinski definition) is 11. The minimum absolute atomic E-state index is 0.0419. The monoisotopic (exact) mass is 503 g/mol. The Labute approximate surface area is 206 Å². The molecular weight excluding hydrogens is 474 g/mol. The first-order chi connectivity index (χ1) is 17.3. The summed E-state index contributed by atoms with van der Waals surface area (Å²) in [4.78, 5) is 11.4. The molecule has 1 saturated heterocycles. The van der Waals surface area contributed by atoms with Crippen LogP contribution in [0.2, 0.25) is 0 Å². The Bertz CT molecular complexity index is 1190. The summed E-state index contributed by atoms with van der Waals surface area (Å²) >= 11 is 0. The van der Waals surface area contributed by atoms with Crippen LogP contribution in [0.4, 0.5) is 4.79 Å². The van der Waals surface area contributed by atoms with E-state index in [9.17, 15) is 25.2 Å². The van der Waals surface area contributed by atoms with Gasteiger partial charge in [-0.3, -0.25) is 0 Å². The first kappa shape index (κ1) is 25.8. The molecule has 0 bridgehead atoms. The second-order valence-electron chi connectivity index (χ2n) is 8.35. The normalized spacial score (nSPS) is 26.1. The lowest BCUT2D eigenvalue weighted by atomic mass is 9.96. The van der Waals surface area contributed by atoms with Gasteiger partial charge < -0.3 is 39.4 Å². The molecule has 36 heavy (non-hydrogen) atoms. The van der Waals surface area contributed by atoms with Crippen molar-refractivity contribution in [3.63, 3.8) is 0 Å². The number of aliphatic hydroxyl groups is 4. The van der Waals surface area contributed by atoms with Crippen LogP contribution in [-0.4, -0.2) is 85.2 Å². The fraction of sp³-hybridized carbons (Fsp3) is 0.458. The molecule has 0 aliphatic carbocycles. The van der Waals surface area contributed by atoms with Crippen molar-refractivity contribution in [2.24, 2.45) is 0 Å². The smallest absolute Gasteiger partial charge is 0.452 e. The summed E-state index contributed by atoms with van der Waals surface area (Å²) in [5.41, 5.74) is 2.99. The maximum atomic E-state index is 11.4. The van der Waals surface area contributed by atoms with E-state index in [-0.39, 0.29) is 12.4 Å². The average molecular weight is 504 g/mol. The van der Waals surface area contributed by atoms with Crippen molar-refractivity contribution >= 4 is 17.2 Å². The van der Waals surface area contributed by atoms with E-state index in [1.165, 1.54) is 11.6 Å². The Balaban J connectivity index is 1.56. The van der Waals surface area contributed by atoms with Gasteiger partial charge in [-0.15, -0.1) is 5.10 Å². The summed E-state index contributed by atoms with van der Waals surface area (Å²) in [6.07, 6.45) is -7.35. The zero-order valence-corrected chi connectivity index (χ0v) is 19.9. The van der Waals surface area contributed by atoms with Gasteiger partial charge in [-0.2, -0.15) is 0 Å². The Morgan fingerprint density at radius 3 is 2.50 bits per heavy atom. The van der Waals surface area contributed by atoms with Gasteiger partial charge in [0.1, 0.15) is 29.8 Å². The van der Waals surface area contributed by atoms with E-state index in [0.717, 1.165) is 12.0 Å². The third kappa shape index (κ3) is 5.13. The first-order valence-electron chi connectivity index (χ1n) is 11.6. The summed E-state index contributed by atoms with van der Waals surface area (Å²) in [7, 11) is 0. The molecule has 1 aliphatic heterocycles. The van der Waals surface area contributed by atoms with Crippen molar-refractivity contribution in [3.05, 3.63) is 53.6 Å². The fourth-order valence-electron chi connectivity index (χ4n) is 3.92. The number of benzene rings is 2. The van der Waals surface area contributed by atoms with Crippen molar-refractivity contribution in [1.82, 2.24) is 15.0 Å². The van der Waals surface area contributed by atoms with E-state index in [0.29, 0.717) is 17.6 Å². The number of carbonyl (C=O) groups excluding carboxylic acids is 1. The molecule has 4 rings (SSSR count). The van der Waals surface area contributed by atoms with Gasteiger partial charge in [0.25, 0.3) is 5.79 Å². The lowest BCUT2D eigenvalue weighted by molar-refractivity contribution is -0.385. The van der Waals surface area contributed by atoms with Crippen LogP contribution in [0.25, 0.3) is 11.0 Å². The third-order valence-electron chi connectivity index (χ3n) is 5.95. The molecule has 12 nitrogen and oxygen atoms in total. The van der Waals surface area contributed by atoms with E-state index in [4.69, 9.17) is 14.2 Å². The third-order valence-corrected chi connectivity index (χ3v) is 5.95. The average Bonchev–Trinajstić information content (AvgIpc) is 3.29. The minimum atomic E-state index is -2.76. The van der Waals surface area contributed by atoms with Gasteiger partial charge in [0.2, 0.25) is 6.29 Å². The van der Waals surface area contributed by atoms with Crippen molar-refractivity contribution in [3.8, 4) is 5.75 Å². The second-order valence-corrected chi connectivity index (χ2v) is 8.35. The first-order valence-corrected chi connectivity index (χ1v) is 11.6. The van der Waals surface area contributed by atoms with Crippen LogP contribution in [0, 0.1) is 0 Å². The van der Waals surface area contributed by atoms with Gasteiger partial charge in [-0.05, 0) is 36.6 Å². The number of aromatic nitrogens is 3. The van der Waals surface area contributed by atoms with Gasteiger partial charge >= 0.3 is 6.16 Å². The minimum Gasteiger partial charge on any atom is -0.452 e. The number of para-hydroxylation sites is 1. The van der Waals surface area contributed by atoms with E-state index < -0.39 is 43.2 Å². The van der Waals surface area contributed by atoms with Crippen LogP contribution in [0.1, 0.15) is 25.0 Å². The Morgan fingerprint density at radius 2 is 1.81 bits per heavy atom. The molecule has 0 spiro atoms. The standard InChI is InChI=1S/C24H29N3O9/c1-3-14-8-10-15(11-9-14)12-27-19-16(25-26-27)6-5-7-17(19)36-24(32)21(29)20(28)18(35-22(24)30)13-34-23(31)33-4-2/h5-11,18,20-22,28-30,32H,3-4,12-13H2,1-2H3/t18-,20-,21+,22+,24+/m0/s1. The molecule has 5 atom stereocenters. The maximum Gasteiger partial charge on any atom is 0.508 e. The number of fused-ring (bicyclic) bond motifs is 1. The lowest BCUT2D eigenvalue weighted by Crippen LogP contribution is -2.69. The maximum absolute atomic E-state index is 11.4. The summed E-state index contributed by atoms with van der Waals surface area (Å²) in [5, 5.41) is 51.0. The highest BCUT2D eigenvalue weighted by molar-refractivity contribution is 5.81. The summed E-state index contributed by atoms with van der Waals surface area (Å²) in [6, 6.07) is 12.8. The largest absolute Gasteiger partial charge is 0.508 e. The number of ether oxygens (including phenoxy) is 4. The molecule has 1 fully saturated rings. The number of hydrogen-bond donors (Lipinski definition) is 4. The zero-order valence-electron chi connectivity index (χ0n) is 19.9. The summed E-state index contributed by atoms with van der Waals surface area (Å²) < 4.78 is 21.9. The molecule has 0 saturated carbocycles. The van der Waals surface area contributed by atoms with E-state index in [2.05, 4.69) is 22.0 Å². The molecule has 4 N–H and O–H groups in total. The highest BCUT2D eigenvalue weighted by Gasteiger charge is 2.57. The van der Waals surface area contributed by atoms with Crippen LogP contribution in [0.15, 0.2) is 42.5 Å². The van der Waals surface area contributed by atoms with Crippen molar-refractivity contribution in [2.45, 2.75) is 57.2 Å². The van der Waals surface area contributed by atoms with Gasteiger partial charge in [0, 0.05) is 0 Å². The van der Waals surface area contributed by atoms with Crippen molar-refractivity contribution < 1.29 is 44.2 Å². The molecule has 2 aromatic carbocycles. The summed E-state index contributed by atoms with van der Waals surface area (Å²) in [5.74, 6) is -2.72. The van der Waals surface area contributed by atoms with Crippen LogP contribution in [-0.2, 0) is 27.2 Å². The summed E-state index contributed by atoms with van der Waals surface area (Å²) in [6.45, 7) is 3.54. The highest BCUT2D eigenvalue weighted by atomic mass is 16.7. The van der Waals surface area contributed by atoms with Crippen molar-refractivity contribution in [1.29, 1.82) is 0 Å². The Morgan fingerprint density at radius 1 is 1.08 bits per heavy atom. The van der Waals surface area contributed by atoms with E-state index in [1.54, 1.807) is 23.7 Å². The number of nitrogens with zero attached hydrogens (tertiary/aromatic N) is 3.